The molecule has 8 heteroatoms. The fraction of sp³-hybridized carbons (Fsp3) is 0.773. The van der Waals surface area contributed by atoms with E-state index in [4.69, 9.17) is 20.4 Å². The summed E-state index contributed by atoms with van der Waals surface area (Å²) in [5.74, 6) is -3.51. The average molecular weight is 441 g/mol. The first-order valence-electron chi connectivity index (χ1n) is 10.8. The molecule has 0 spiro atoms. The minimum absolute atomic E-state index is 0. The van der Waals surface area contributed by atoms with Crippen LogP contribution in [0.25, 0.3) is 0 Å². The van der Waals surface area contributed by atoms with Gasteiger partial charge in [0.25, 0.3) is 0 Å². The third-order valence-corrected chi connectivity index (χ3v) is 4.30. The number of aliphatic hydroxyl groups excluding tert-OH is 1. The van der Waals surface area contributed by atoms with Crippen molar-refractivity contribution >= 4 is 41.0 Å². The van der Waals surface area contributed by atoms with E-state index >= 15 is 0 Å². The topological polar surface area (TPSA) is 132 Å². The van der Waals surface area contributed by atoms with Gasteiger partial charge in [0.15, 0.2) is 6.10 Å². The van der Waals surface area contributed by atoms with Gasteiger partial charge in [-0.15, -0.1) is 0 Å². The molecule has 0 aromatic carbocycles. The third kappa shape index (κ3) is 31.8. The molecule has 7 nitrogen and oxygen atoms in total. The van der Waals surface area contributed by atoms with Gasteiger partial charge in [-0.3, -0.25) is 9.59 Å². The molecule has 0 aliphatic carbocycles. The number of hydrogen-bond donors (Lipinski definition) is 4. The Morgan fingerprint density at radius 2 is 1.20 bits per heavy atom. The number of unbranched alkanes of at least 4 members (excludes halogenated alkanes) is 14. The minimum atomic E-state index is -1.79. The first kappa shape index (κ1) is 33.8. The first-order valence-corrected chi connectivity index (χ1v) is 10.8. The van der Waals surface area contributed by atoms with Crippen molar-refractivity contribution in [1.82, 2.24) is 0 Å². The molecule has 172 valence electrons. The zero-order valence-electron chi connectivity index (χ0n) is 18.6. The Labute approximate surface area is 197 Å². The number of hydrogen-bond acceptors (Lipinski definition) is 4. The zero-order valence-corrected chi connectivity index (χ0v) is 20.0. The smallest absolute Gasteiger partial charge is 0.481 e. The predicted molar refractivity (Wildman–Crippen MR) is 118 cm³/mol. The van der Waals surface area contributed by atoms with E-state index in [1.165, 1.54) is 51.4 Å². The van der Waals surface area contributed by atoms with Crippen molar-refractivity contribution < 1.29 is 34.8 Å². The molecule has 0 fully saturated rings. The number of carboxylic acids is 3. The summed E-state index contributed by atoms with van der Waals surface area (Å²) >= 11 is 0. The van der Waals surface area contributed by atoms with Crippen molar-refractivity contribution in [2.75, 3.05) is 0 Å². The molecule has 30 heavy (non-hydrogen) atoms. The first-order chi connectivity index (χ1) is 13.8. The van der Waals surface area contributed by atoms with Crippen molar-refractivity contribution in [3.8, 4) is 0 Å². The van der Waals surface area contributed by atoms with Crippen LogP contribution in [0.4, 0.5) is 0 Å². The van der Waals surface area contributed by atoms with Gasteiger partial charge in [-0.1, -0.05) is 64.7 Å². The molecule has 4 N–H and O–H groups in total. The summed E-state index contributed by atoms with van der Waals surface area (Å²) in [4.78, 5) is 29.7. The molecule has 0 heterocycles. The van der Waals surface area contributed by atoms with E-state index in [0.29, 0.717) is 6.42 Å². The molecule has 0 aliphatic rings. The molecule has 0 rings (SSSR count). The summed E-state index contributed by atoms with van der Waals surface area (Å²) in [6.45, 7) is 2.26. The molecule has 0 aliphatic heterocycles. The van der Waals surface area contributed by atoms with Crippen LogP contribution in [-0.2, 0) is 14.4 Å². The third-order valence-electron chi connectivity index (χ3n) is 4.30. The fourth-order valence-corrected chi connectivity index (χ4v) is 2.59. The van der Waals surface area contributed by atoms with Gasteiger partial charge in [-0.2, -0.15) is 12.8 Å². The number of aliphatic carboxylic acids is 3. The van der Waals surface area contributed by atoms with Gasteiger partial charge in [0, 0.05) is 6.42 Å². The van der Waals surface area contributed by atoms with Crippen LogP contribution in [0.1, 0.15) is 103 Å². The average Bonchev–Trinajstić information content (AvgIpc) is 2.64. The van der Waals surface area contributed by atoms with Crippen LogP contribution in [-0.4, -0.2) is 67.5 Å². The van der Waals surface area contributed by atoms with E-state index in [1.54, 1.807) is 0 Å². The summed E-state index contributed by atoms with van der Waals surface area (Å²) in [5, 5.41) is 32.6. The van der Waals surface area contributed by atoms with Gasteiger partial charge in [0.1, 0.15) is 0 Å². The van der Waals surface area contributed by atoms with E-state index in [0.717, 1.165) is 32.1 Å². The van der Waals surface area contributed by atoms with Crippen molar-refractivity contribution in [3.63, 3.8) is 0 Å². The Kier molecular flexibility index (Phi) is 29.5. The Balaban J connectivity index is -0.000000616. The van der Waals surface area contributed by atoms with Crippen LogP contribution >= 0.6 is 0 Å². The molecule has 0 aromatic rings. The van der Waals surface area contributed by atoms with Gasteiger partial charge in [-0.05, 0) is 6.42 Å². The summed E-state index contributed by atoms with van der Waals surface area (Å²) in [6, 6.07) is 0. The predicted octanol–water partition coefficient (Wildman–Crippen LogP) is 4.49. The van der Waals surface area contributed by atoms with Crippen LogP contribution in [0, 0.1) is 12.8 Å². The number of carbonyl (C=O) groups is 3. The molecule has 1 unspecified atom stereocenters. The van der Waals surface area contributed by atoms with E-state index < -0.39 is 30.4 Å². The van der Waals surface area contributed by atoms with E-state index in [9.17, 15) is 14.4 Å². The van der Waals surface area contributed by atoms with Gasteiger partial charge in [0.2, 0.25) is 0 Å². The minimum Gasteiger partial charge on any atom is -0.481 e. The maximum Gasteiger partial charge on any atom is 2.00 e. The van der Waals surface area contributed by atoms with Crippen LogP contribution < -0.4 is 0 Å². The maximum atomic E-state index is 10.3. The molecule has 1 atom stereocenters. The molecular weight excluding hydrogens is 401 g/mol. The summed E-state index contributed by atoms with van der Waals surface area (Å²) in [7, 11) is 0. The van der Waals surface area contributed by atoms with Gasteiger partial charge in [0.05, 0.1) is 6.42 Å². The second-order valence-electron chi connectivity index (χ2n) is 7.17. The molecule has 0 saturated carbocycles. The van der Waals surface area contributed by atoms with Crippen molar-refractivity contribution in [2.45, 2.75) is 109 Å². The number of carboxylic acid groups (broad SMARTS) is 3. The molecular formula is C22H40MgO7. The van der Waals surface area contributed by atoms with Crippen molar-refractivity contribution in [2.24, 2.45) is 0 Å². The Hall–Kier alpha value is -0.864. The second kappa shape index (κ2) is 26.2. The van der Waals surface area contributed by atoms with Crippen LogP contribution in [0.2, 0.25) is 0 Å². The molecule has 0 aromatic heterocycles. The summed E-state index contributed by atoms with van der Waals surface area (Å²) in [6.07, 6.45) is 18.7. The molecule has 0 amide bonds. The normalized spacial score (nSPS) is 11.0. The SMILES string of the molecule is CCCCCCCCC[CH-]C[CH-]CCCCCC(=O)O.O=C(O)CC(O)C(=O)O.[Mg+2]. The van der Waals surface area contributed by atoms with Crippen molar-refractivity contribution in [1.29, 1.82) is 0 Å². The largest absolute Gasteiger partial charge is 2.00 e. The standard InChI is InChI=1S/C18H34O2.C4H6O5.Mg/c1-2-3-4-5-6-7-8-9-10-11-12-13-14-15-16-17-18(19)20;5-2(4(8)9)1-3(6)7;/h10,12H,2-9,11,13-17H2,1H3,(H,19,20);2,5H,1H2,(H,6,7)(H,8,9);/q-2;;+2. The van der Waals surface area contributed by atoms with Crippen LogP contribution in [0.3, 0.4) is 0 Å². The van der Waals surface area contributed by atoms with E-state index in [1.807, 2.05) is 0 Å². The van der Waals surface area contributed by atoms with Gasteiger partial charge >= 0.3 is 41.0 Å². The van der Waals surface area contributed by atoms with Gasteiger partial charge < -0.3 is 39.7 Å². The monoisotopic (exact) mass is 440 g/mol. The Morgan fingerprint density at radius 3 is 1.60 bits per heavy atom. The molecule has 0 bridgehead atoms. The quantitative estimate of drug-likeness (QED) is 0.132. The van der Waals surface area contributed by atoms with Gasteiger partial charge in [-0.25, -0.2) is 4.79 Å². The Bertz CT molecular complexity index is 416. The molecule has 0 saturated heterocycles. The summed E-state index contributed by atoms with van der Waals surface area (Å²) in [5.41, 5.74) is 0. The fourth-order valence-electron chi connectivity index (χ4n) is 2.59. The molecule has 0 radical (unpaired) electrons. The Morgan fingerprint density at radius 1 is 0.733 bits per heavy atom. The number of rotatable bonds is 19. The summed E-state index contributed by atoms with van der Waals surface area (Å²) < 4.78 is 0. The second-order valence-corrected chi connectivity index (χ2v) is 7.17. The maximum absolute atomic E-state index is 10.3. The zero-order chi connectivity index (χ0) is 22.3. The number of aliphatic hydroxyl groups is 1. The van der Waals surface area contributed by atoms with Crippen LogP contribution in [0.15, 0.2) is 0 Å². The van der Waals surface area contributed by atoms with E-state index in [2.05, 4.69) is 19.8 Å². The van der Waals surface area contributed by atoms with Crippen LogP contribution in [0.5, 0.6) is 0 Å². The van der Waals surface area contributed by atoms with E-state index in [-0.39, 0.29) is 23.1 Å². The van der Waals surface area contributed by atoms with Crippen molar-refractivity contribution in [3.05, 3.63) is 12.8 Å².